The van der Waals surface area contributed by atoms with E-state index in [1.165, 1.54) is 31.4 Å². The quantitative estimate of drug-likeness (QED) is 0.0142. The van der Waals surface area contributed by atoms with Crippen LogP contribution in [0.15, 0.2) is 60.3 Å². The number of carboxylic acids is 4. The van der Waals surface area contributed by atoms with Crippen molar-refractivity contribution in [1.29, 1.82) is 0 Å². The third kappa shape index (κ3) is 40.2. The topological polar surface area (TPSA) is 623 Å². The Bertz CT molecular complexity index is 3410. The summed E-state index contributed by atoms with van der Waals surface area (Å²) in [5.74, 6) is -15.2. The van der Waals surface area contributed by atoms with Crippen molar-refractivity contribution in [2.24, 2.45) is 11.5 Å². The van der Waals surface area contributed by atoms with Crippen molar-refractivity contribution in [2.45, 2.75) is 131 Å². The number of carbonyl (C=O) groups excluding carboxylic acids is 13. The SMILES string of the molecule is C[C@@H](NC(=O)C(Sc1ccccc1)C(=O)[C@@H](CN)NC(=O)CN(CCN(CCN(CC(=O)O)CC(=O)O)CC(=O)O)CC(=O)O)C(=O)N[C@H](CCCCNC(=O)CNC(=O)CCC(=O)NCCc1cnc[nH]1)C(=O)N[C@H](C)C(=O)N[C@H](CCCCNC(=O)CNC(=O)CCC(=O)NCCc1cnc[nH]1)C(N)=O. The summed E-state index contributed by atoms with van der Waals surface area (Å²) in [7, 11) is 0. The summed E-state index contributed by atoms with van der Waals surface area (Å²) < 4.78 is 0. The Morgan fingerprint density at radius 2 is 0.850 bits per heavy atom. The number of hydrogen-bond acceptors (Lipinski definition) is 24. The second-order valence-corrected chi connectivity index (χ2v) is 25.6. The number of H-pyrrole nitrogens is 2. The van der Waals surface area contributed by atoms with E-state index in [0.717, 1.165) is 21.2 Å². The number of ketones is 1. The molecular weight excluding hydrogens is 1430 g/mol. The minimum absolute atomic E-state index is 0.00119. The van der Waals surface area contributed by atoms with Crippen LogP contribution in [-0.2, 0) is 94.3 Å². The number of carbonyl (C=O) groups is 17. The van der Waals surface area contributed by atoms with Crippen LogP contribution in [0, 0.1) is 0 Å². The molecule has 2 heterocycles. The highest BCUT2D eigenvalue weighted by atomic mass is 32.2. The van der Waals surface area contributed by atoms with Crippen LogP contribution in [-0.4, -0.2) is 296 Å². The summed E-state index contributed by atoms with van der Waals surface area (Å²) in [5.41, 5.74) is 13.3. The Labute approximate surface area is 619 Å². The predicted octanol–water partition coefficient (Wildman–Crippen LogP) is -6.60. The van der Waals surface area contributed by atoms with Gasteiger partial charge >= 0.3 is 23.9 Å². The van der Waals surface area contributed by atoms with Gasteiger partial charge in [-0.05, 0) is 64.5 Å². The number of benzene rings is 1. The van der Waals surface area contributed by atoms with E-state index in [4.69, 9.17) is 11.5 Å². The monoisotopic (exact) mass is 1530 g/mol. The van der Waals surface area contributed by atoms with Gasteiger partial charge in [-0.3, -0.25) is 96.2 Å². The normalized spacial score (nSPS) is 12.7. The zero-order chi connectivity index (χ0) is 79.2. The lowest BCUT2D eigenvalue weighted by Gasteiger charge is -2.28. The fourth-order valence-electron chi connectivity index (χ4n) is 9.87. The molecular formula is C65H98N20O21S. The number of nitrogens with one attached hydrogen (secondary N) is 13. The van der Waals surface area contributed by atoms with Gasteiger partial charge < -0.3 is 100 Å². The third-order valence-electron chi connectivity index (χ3n) is 15.5. The van der Waals surface area contributed by atoms with E-state index in [2.05, 4.69) is 78.4 Å². The van der Waals surface area contributed by atoms with E-state index in [1.807, 2.05) is 0 Å². The minimum atomic E-state index is -1.76. The van der Waals surface area contributed by atoms with Crippen LogP contribution >= 0.6 is 11.8 Å². The van der Waals surface area contributed by atoms with E-state index in [-0.39, 0.29) is 115 Å². The van der Waals surface area contributed by atoms with Gasteiger partial charge in [-0.25, -0.2) is 9.97 Å². The van der Waals surface area contributed by atoms with Crippen LogP contribution in [0.4, 0.5) is 0 Å². The lowest BCUT2D eigenvalue weighted by Crippen LogP contribution is -2.58. The summed E-state index contributed by atoms with van der Waals surface area (Å²) in [6.07, 6.45) is 7.30. The Kier molecular flexibility index (Phi) is 42.6. The van der Waals surface area contributed by atoms with Crippen molar-refractivity contribution < 1.29 is 102 Å². The Hall–Kier alpha value is -11.0. The van der Waals surface area contributed by atoms with Gasteiger partial charge in [-0.2, -0.15) is 0 Å². The Morgan fingerprint density at radius 3 is 1.28 bits per heavy atom. The number of Topliss-reactive ketones (excluding diaryl/α,β-unsaturated/α-hetero) is 1. The van der Waals surface area contributed by atoms with E-state index in [0.29, 0.717) is 49.0 Å². The molecule has 0 saturated heterocycles. The molecule has 0 aliphatic heterocycles. The van der Waals surface area contributed by atoms with Gasteiger partial charge in [0, 0.05) is 126 Å². The number of amides is 12. The maximum atomic E-state index is 14.4. The van der Waals surface area contributed by atoms with Gasteiger partial charge in [0.15, 0.2) is 5.78 Å². The second kappa shape index (κ2) is 50.5. The van der Waals surface area contributed by atoms with Crippen molar-refractivity contribution in [3.63, 3.8) is 0 Å². The standard InChI is InChI=1S/C65H98N20O21S/c1-40(62(103)81-45(61(67)102)12-6-8-20-70-52(90)31-74-50(88)16-14-48(86)72-22-18-42-29-68-38-76-42)78-64(105)46(13-7-9-21-71-53(91)32-75-51(89)17-15-49(87)73-23-19-43-30-69-39-77-43)82-63(104)41(2)79-65(106)60(107-44-10-4-3-5-11-44)59(101)47(28-66)80-54(92)33-84(35-56(95)96)26-24-83(34-55(93)94)25-27-85(36-57(97)98)37-58(99)100/h3-5,10-11,29-30,38-41,45-47,60H,6-9,12-28,31-37,66H2,1-2H3,(H2,67,102)(H,68,76)(H,69,77)(H,70,90)(H,71,91)(H,72,86)(H,73,87)(H,74,88)(H,75,89)(H,78,105)(H,79,106)(H,80,92)(H,81,103)(H,82,104)(H,93,94)(H,95,96)(H,97,98)(H,99,100)/t40-,41-,45-,46-,47-,60?/m1/s1. The molecule has 0 radical (unpaired) electrons. The van der Waals surface area contributed by atoms with Crippen molar-refractivity contribution >= 4 is 112 Å². The molecule has 6 atom stereocenters. The average Bonchev–Trinajstić information content (AvgIpc) is 1.34. The van der Waals surface area contributed by atoms with Crippen LogP contribution in [0.1, 0.15) is 89.4 Å². The number of aliphatic carboxylic acids is 4. The van der Waals surface area contributed by atoms with Crippen molar-refractivity contribution in [3.05, 3.63) is 66.8 Å². The van der Waals surface area contributed by atoms with Gasteiger partial charge in [0.1, 0.15) is 35.5 Å². The molecule has 12 amide bonds. The van der Waals surface area contributed by atoms with Crippen LogP contribution < -0.4 is 70.0 Å². The fourth-order valence-corrected chi connectivity index (χ4v) is 10.9. The smallest absolute Gasteiger partial charge is 0.317 e. The molecule has 0 bridgehead atoms. The van der Waals surface area contributed by atoms with E-state index in [9.17, 15) is 102 Å². The maximum Gasteiger partial charge on any atom is 0.317 e. The number of imidazole rings is 2. The highest BCUT2D eigenvalue weighted by Gasteiger charge is 2.37. The molecule has 3 rings (SSSR count). The van der Waals surface area contributed by atoms with Crippen LogP contribution in [0.5, 0.6) is 0 Å². The Morgan fingerprint density at radius 1 is 0.449 bits per heavy atom. The van der Waals surface area contributed by atoms with Gasteiger partial charge in [-0.15, -0.1) is 11.8 Å². The molecule has 42 heteroatoms. The molecule has 0 aliphatic rings. The number of carboxylic acid groups (broad SMARTS) is 4. The van der Waals surface area contributed by atoms with Crippen molar-refractivity contribution in [1.82, 2.24) is 93.1 Å². The maximum absolute atomic E-state index is 14.4. The summed E-state index contributed by atoms with van der Waals surface area (Å²) in [6, 6.07) is 0.626. The molecule has 1 unspecified atom stereocenters. The lowest BCUT2D eigenvalue weighted by molar-refractivity contribution is -0.143. The number of nitrogens with zero attached hydrogens (tertiary/aromatic N) is 5. The van der Waals surface area contributed by atoms with Gasteiger partial charge in [0.2, 0.25) is 70.9 Å². The highest BCUT2D eigenvalue weighted by Crippen LogP contribution is 2.25. The number of primary amides is 1. The molecule has 21 N–H and O–H groups in total. The number of unbranched alkanes of at least 4 members (excludes halogenated alkanes) is 2. The molecule has 41 nitrogen and oxygen atoms in total. The molecule has 0 saturated carbocycles. The molecule has 107 heavy (non-hydrogen) atoms. The molecule has 3 aromatic rings. The molecule has 2 aromatic heterocycles. The van der Waals surface area contributed by atoms with Crippen LogP contribution in [0.25, 0.3) is 0 Å². The van der Waals surface area contributed by atoms with E-state index < -0.39 is 170 Å². The summed E-state index contributed by atoms with van der Waals surface area (Å²) in [6.45, 7) is -2.66. The number of rotatable bonds is 57. The fraction of sp³-hybridized carbons (Fsp3) is 0.554. The summed E-state index contributed by atoms with van der Waals surface area (Å²) >= 11 is 0.709. The Balaban J connectivity index is 1.69. The number of aromatic amines is 2. The first kappa shape index (κ1) is 90.2. The third-order valence-corrected chi connectivity index (χ3v) is 16.8. The predicted molar refractivity (Wildman–Crippen MR) is 379 cm³/mol. The number of aromatic nitrogens is 4. The zero-order valence-corrected chi connectivity index (χ0v) is 60.3. The van der Waals surface area contributed by atoms with Crippen LogP contribution in [0.3, 0.4) is 0 Å². The summed E-state index contributed by atoms with van der Waals surface area (Å²) in [4.78, 5) is 235. The van der Waals surface area contributed by atoms with Crippen molar-refractivity contribution in [2.75, 3.05) is 105 Å². The van der Waals surface area contributed by atoms with Crippen LogP contribution in [0.2, 0.25) is 0 Å². The van der Waals surface area contributed by atoms with Gasteiger partial charge in [-0.1, -0.05) is 18.2 Å². The molecule has 0 aliphatic carbocycles. The lowest BCUT2D eigenvalue weighted by atomic mass is 10.1. The average molecular weight is 1530 g/mol. The number of thioether (sulfide) groups is 1. The second-order valence-electron chi connectivity index (χ2n) is 24.4. The van der Waals surface area contributed by atoms with Gasteiger partial charge in [0.25, 0.3) is 0 Å². The first-order chi connectivity index (χ1) is 50.9. The van der Waals surface area contributed by atoms with Gasteiger partial charge in [0.05, 0.1) is 58.5 Å². The molecule has 0 spiro atoms. The zero-order valence-electron chi connectivity index (χ0n) is 59.5. The molecule has 590 valence electrons. The number of hydrogen-bond donors (Lipinski definition) is 19. The highest BCUT2D eigenvalue weighted by molar-refractivity contribution is 8.01. The minimum Gasteiger partial charge on any atom is -0.480 e. The van der Waals surface area contributed by atoms with E-state index in [1.54, 1.807) is 42.7 Å². The largest absolute Gasteiger partial charge is 0.480 e. The van der Waals surface area contributed by atoms with Crippen molar-refractivity contribution in [3.8, 4) is 0 Å². The first-order valence-electron chi connectivity index (χ1n) is 34.3. The molecule has 0 fully saturated rings. The first-order valence-corrected chi connectivity index (χ1v) is 35.1. The summed E-state index contributed by atoms with van der Waals surface area (Å²) in [5, 5.41) is 63.8. The molecule has 1 aromatic carbocycles. The van der Waals surface area contributed by atoms with E-state index >= 15 is 0 Å². The number of nitrogens with two attached hydrogens (primary N) is 2.